The van der Waals surface area contributed by atoms with Crippen molar-refractivity contribution < 1.29 is 9.57 Å². The molecule has 19 heavy (non-hydrogen) atoms. The van der Waals surface area contributed by atoms with E-state index in [9.17, 15) is 0 Å². The molecular weight excluding hydrogens is 238 g/mol. The standard InChI is InChI=1S/C16H17NO2/c1-13-6-8-14(9-7-13)11-17-19-12-15-4-3-5-16(10-15)18-2/h3-11H,12H2,1-2H3. The molecule has 0 unspecified atom stereocenters. The van der Waals surface area contributed by atoms with Gasteiger partial charge in [-0.05, 0) is 30.2 Å². The van der Waals surface area contributed by atoms with Crippen molar-refractivity contribution in [2.24, 2.45) is 5.16 Å². The summed E-state index contributed by atoms with van der Waals surface area (Å²) in [6.07, 6.45) is 1.71. The maximum atomic E-state index is 5.27. The van der Waals surface area contributed by atoms with Gasteiger partial charge in [-0.3, -0.25) is 0 Å². The lowest BCUT2D eigenvalue weighted by atomic mass is 10.2. The number of oxime groups is 1. The maximum Gasteiger partial charge on any atom is 0.142 e. The van der Waals surface area contributed by atoms with Gasteiger partial charge in [0.15, 0.2) is 0 Å². The Kier molecular flexibility index (Phi) is 4.56. The van der Waals surface area contributed by atoms with Crippen LogP contribution in [0.15, 0.2) is 53.7 Å². The molecule has 0 atom stereocenters. The topological polar surface area (TPSA) is 30.8 Å². The van der Waals surface area contributed by atoms with Gasteiger partial charge in [0.05, 0.1) is 13.3 Å². The van der Waals surface area contributed by atoms with Crippen LogP contribution in [0, 0.1) is 6.92 Å². The lowest BCUT2D eigenvalue weighted by molar-refractivity contribution is 0.132. The molecule has 0 spiro atoms. The van der Waals surface area contributed by atoms with E-state index in [2.05, 4.69) is 12.1 Å². The highest BCUT2D eigenvalue weighted by molar-refractivity contribution is 5.79. The van der Waals surface area contributed by atoms with Crippen molar-refractivity contribution in [1.29, 1.82) is 0 Å². The van der Waals surface area contributed by atoms with Crippen molar-refractivity contribution in [2.45, 2.75) is 13.5 Å². The van der Waals surface area contributed by atoms with Crippen LogP contribution in [0.1, 0.15) is 16.7 Å². The Morgan fingerprint density at radius 3 is 2.63 bits per heavy atom. The molecule has 0 aliphatic heterocycles. The third-order valence-electron chi connectivity index (χ3n) is 2.72. The average Bonchev–Trinajstić information content (AvgIpc) is 2.46. The molecule has 0 bridgehead atoms. The fourth-order valence-electron chi connectivity index (χ4n) is 1.62. The van der Waals surface area contributed by atoms with Crippen molar-refractivity contribution in [1.82, 2.24) is 0 Å². The van der Waals surface area contributed by atoms with Gasteiger partial charge in [-0.15, -0.1) is 0 Å². The second kappa shape index (κ2) is 6.59. The van der Waals surface area contributed by atoms with E-state index in [0.717, 1.165) is 16.9 Å². The molecule has 0 saturated carbocycles. The molecule has 0 radical (unpaired) electrons. The minimum absolute atomic E-state index is 0.430. The highest BCUT2D eigenvalue weighted by atomic mass is 16.6. The minimum Gasteiger partial charge on any atom is -0.497 e. The Bertz CT molecular complexity index is 547. The number of methoxy groups -OCH3 is 1. The molecule has 2 rings (SSSR count). The fourth-order valence-corrected chi connectivity index (χ4v) is 1.62. The Morgan fingerprint density at radius 1 is 1.11 bits per heavy atom. The SMILES string of the molecule is COc1cccc(CON=Cc2ccc(C)cc2)c1. The predicted octanol–water partition coefficient (Wildman–Crippen LogP) is 3.55. The van der Waals surface area contributed by atoms with Crippen molar-refractivity contribution in [3.63, 3.8) is 0 Å². The Hall–Kier alpha value is -2.29. The molecule has 3 heteroatoms. The van der Waals surface area contributed by atoms with Gasteiger partial charge in [0.25, 0.3) is 0 Å². The lowest BCUT2D eigenvalue weighted by Crippen LogP contribution is -1.90. The van der Waals surface area contributed by atoms with Crippen LogP contribution in [0.25, 0.3) is 0 Å². The number of hydrogen-bond donors (Lipinski definition) is 0. The molecule has 3 nitrogen and oxygen atoms in total. The second-order valence-electron chi connectivity index (χ2n) is 4.27. The Labute approximate surface area is 113 Å². The molecule has 0 saturated heterocycles. The van der Waals surface area contributed by atoms with Crippen LogP contribution in [0.4, 0.5) is 0 Å². The zero-order valence-electron chi connectivity index (χ0n) is 11.2. The predicted molar refractivity (Wildman–Crippen MR) is 76.6 cm³/mol. The molecular formula is C16H17NO2. The van der Waals surface area contributed by atoms with Gasteiger partial charge in [-0.2, -0.15) is 0 Å². The largest absolute Gasteiger partial charge is 0.497 e. The van der Waals surface area contributed by atoms with E-state index in [1.165, 1.54) is 5.56 Å². The summed E-state index contributed by atoms with van der Waals surface area (Å²) < 4.78 is 5.15. The van der Waals surface area contributed by atoms with E-state index >= 15 is 0 Å². The fraction of sp³-hybridized carbons (Fsp3) is 0.188. The summed E-state index contributed by atoms with van der Waals surface area (Å²) in [7, 11) is 1.65. The van der Waals surface area contributed by atoms with Crippen molar-refractivity contribution >= 4 is 6.21 Å². The Morgan fingerprint density at radius 2 is 1.89 bits per heavy atom. The van der Waals surface area contributed by atoms with Gasteiger partial charge in [-0.1, -0.05) is 47.1 Å². The number of hydrogen-bond acceptors (Lipinski definition) is 3. The first kappa shape index (κ1) is 13.1. The molecule has 0 amide bonds. The van der Waals surface area contributed by atoms with Gasteiger partial charge in [0.2, 0.25) is 0 Å². The smallest absolute Gasteiger partial charge is 0.142 e. The summed E-state index contributed by atoms with van der Waals surface area (Å²) in [5, 5.41) is 3.96. The van der Waals surface area contributed by atoms with Crippen LogP contribution >= 0.6 is 0 Å². The van der Waals surface area contributed by atoms with E-state index in [1.807, 2.05) is 48.5 Å². The number of nitrogens with zero attached hydrogens (tertiary/aromatic N) is 1. The van der Waals surface area contributed by atoms with Gasteiger partial charge < -0.3 is 9.57 Å². The normalized spacial score (nSPS) is 10.6. The van der Waals surface area contributed by atoms with Crippen LogP contribution in [0.2, 0.25) is 0 Å². The molecule has 2 aromatic rings. The lowest BCUT2D eigenvalue weighted by Gasteiger charge is -2.03. The molecule has 0 fully saturated rings. The van der Waals surface area contributed by atoms with Crippen LogP contribution < -0.4 is 4.74 Å². The zero-order chi connectivity index (χ0) is 13.5. The highest BCUT2D eigenvalue weighted by Gasteiger charge is 1.95. The van der Waals surface area contributed by atoms with Crippen LogP contribution in [0.5, 0.6) is 5.75 Å². The third kappa shape index (κ3) is 4.14. The number of rotatable bonds is 5. The van der Waals surface area contributed by atoms with Crippen molar-refractivity contribution in [3.8, 4) is 5.75 Å². The first-order valence-electron chi connectivity index (χ1n) is 6.13. The quantitative estimate of drug-likeness (QED) is 0.604. The van der Waals surface area contributed by atoms with Crippen molar-refractivity contribution in [2.75, 3.05) is 7.11 Å². The Balaban J connectivity index is 1.87. The van der Waals surface area contributed by atoms with Crippen molar-refractivity contribution in [3.05, 3.63) is 65.2 Å². The van der Waals surface area contributed by atoms with E-state index in [-0.39, 0.29) is 0 Å². The van der Waals surface area contributed by atoms with Crippen LogP contribution in [-0.2, 0) is 11.4 Å². The molecule has 0 aliphatic carbocycles. The molecule has 0 heterocycles. The van der Waals surface area contributed by atoms with E-state index in [0.29, 0.717) is 6.61 Å². The first-order chi connectivity index (χ1) is 9.28. The molecule has 0 N–H and O–H groups in total. The molecule has 0 aliphatic rings. The number of ether oxygens (including phenoxy) is 1. The second-order valence-corrected chi connectivity index (χ2v) is 4.27. The van der Waals surface area contributed by atoms with Gasteiger partial charge in [0, 0.05) is 0 Å². The summed E-state index contributed by atoms with van der Waals surface area (Å²) in [5.41, 5.74) is 3.28. The van der Waals surface area contributed by atoms with Gasteiger partial charge >= 0.3 is 0 Å². The summed E-state index contributed by atoms with van der Waals surface area (Å²) >= 11 is 0. The van der Waals surface area contributed by atoms with Crippen LogP contribution in [0.3, 0.4) is 0 Å². The maximum absolute atomic E-state index is 5.27. The zero-order valence-corrected chi connectivity index (χ0v) is 11.2. The van der Waals surface area contributed by atoms with E-state index in [1.54, 1.807) is 13.3 Å². The first-order valence-corrected chi connectivity index (χ1v) is 6.13. The van der Waals surface area contributed by atoms with Crippen LogP contribution in [-0.4, -0.2) is 13.3 Å². The molecule has 2 aromatic carbocycles. The summed E-state index contributed by atoms with van der Waals surface area (Å²) in [6, 6.07) is 15.8. The van der Waals surface area contributed by atoms with E-state index in [4.69, 9.17) is 9.57 Å². The van der Waals surface area contributed by atoms with Gasteiger partial charge in [-0.25, -0.2) is 0 Å². The number of benzene rings is 2. The highest BCUT2D eigenvalue weighted by Crippen LogP contribution is 2.13. The third-order valence-corrected chi connectivity index (χ3v) is 2.72. The summed E-state index contributed by atoms with van der Waals surface area (Å²) in [5.74, 6) is 0.823. The van der Waals surface area contributed by atoms with E-state index < -0.39 is 0 Å². The minimum atomic E-state index is 0.430. The number of aryl methyl sites for hydroxylation is 1. The molecule has 0 aromatic heterocycles. The summed E-state index contributed by atoms with van der Waals surface area (Å²) in [6.45, 7) is 2.49. The monoisotopic (exact) mass is 255 g/mol. The molecule has 98 valence electrons. The average molecular weight is 255 g/mol. The summed E-state index contributed by atoms with van der Waals surface area (Å²) in [4.78, 5) is 5.27. The van der Waals surface area contributed by atoms with Gasteiger partial charge in [0.1, 0.15) is 12.4 Å².